The molecule has 0 saturated carbocycles. The van der Waals surface area contributed by atoms with E-state index in [1.165, 1.54) is 23.3 Å². The summed E-state index contributed by atoms with van der Waals surface area (Å²) < 4.78 is 2.63. The Morgan fingerprint density at radius 2 is 1.85 bits per heavy atom. The van der Waals surface area contributed by atoms with Crippen molar-refractivity contribution in [1.82, 2.24) is 19.5 Å². The van der Waals surface area contributed by atoms with E-state index < -0.39 is 0 Å². The third kappa shape index (κ3) is 3.28. The molecule has 0 amide bonds. The Morgan fingerprint density at radius 3 is 2.46 bits per heavy atom. The standard InChI is InChI=1S/C19H23BrN4OS/c1-11-8-12(2)10-23(9-11)16(14-4-6-15(20)7-5-14)17-18(25)24-19(26-17)21-13(3)22-24/h4-7,11-12,16,25H,8-10H2,1-3H3/t11-,12+,16-/m1/s1. The van der Waals surface area contributed by atoms with Crippen molar-refractivity contribution in [2.45, 2.75) is 33.2 Å². The van der Waals surface area contributed by atoms with Gasteiger partial charge in [-0.05, 0) is 42.9 Å². The first-order chi connectivity index (χ1) is 12.4. The molecule has 0 aliphatic carbocycles. The van der Waals surface area contributed by atoms with E-state index in [0.717, 1.165) is 27.4 Å². The van der Waals surface area contributed by atoms with Crippen LogP contribution >= 0.6 is 27.3 Å². The van der Waals surface area contributed by atoms with E-state index in [1.807, 2.05) is 6.92 Å². The van der Waals surface area contributed by atoms with Gasteiger partial charge in [0.1, 0.15) is 5.82 Å². The summed E-state index contributed by atoms with van der Waals surface area (Å²) in [5.41, 5.74) is 1.19. The lowest BCUT2D eigenvalue weighted by Crippen LogP contribution is -2.41. The molecule has 1 aromatic carbocycles. The van der Waals surface area contributed by atoms with Gasteiger partial charge in [0.15, 0.2) is 0 Å². The smallest absolute Gasteiger partial charge is 0.230 e. The average molecular weight is 435 g/mol. The molecule has 26 heavy (non-hydrogen) atoms. The number of rotatable bonds is 3. The predicted molar refractivity (Wildman–Crippen MR) is 108 cm³/mol. The molecule has 0 radical (unpaired) electrons. The monoisotopic (exact) mass is 434 g/mol. The zero-order chi connectivity index (χ0) is 18.4. The van der Waals surface area contributed by atoms with E-state index >= 15 is 0 Å². The van der Waals surface area contributed by atoms with Crippen molar-refractivity contribution in [2.75, 3.05) is 13.1 Å². The Labute approximate surface area is 165 Å². The number of fused-ring (bicyclic) bond motifs is 1. The van der Waals surface area contributed by atoms with Gasteiger partial charge < -0.3 is 5.11 Å². The highest BCUT2D eigenvalue weighted by Gasteiger charge is 2.33. The quantitative estimate of drug-likeness (QED) is 0.652. The third-order valence-electron chi connectivity index (χ3n) is 5.00. The molecule has 5 nitrogen and oxygen atoms in total. The highest BCUT2D eigenvalue weighted by Crippen LogP contribution is 2.42. The molecule has 3 aromatic rings. The molecule has 3 atom stereocenters. The number of thiazole rings is 1. The average Bonchev–Trinajstić information content (AvgIpc) is 3.07. The molecule has 0 bridgehead atoms. The second-order valence-corrected chi connectivity index (χ2v) is 9.42. The fraction of sp³-hybridized carbons (Fsp3) is 0.474. The fourth-order valence-corrected chi connectivity index (χ4v) is 5.55. The summed E-state index contributed by atoms with van der Waals surface area (Å²) in [5.74, 6) is 2.18. The Morgan fingerprint density at radius 1 is 1.19 bits per heavy atom. The Kier molecular flexibility index (Phi) is 4.79. The molecule has 1 N–H and O–H groups in total. The van der Waals surface area contributed by atoms with Crippen LogP contribution in [0.25, 0.3) is 4.96 Å². The van der Waals surface area contributed by atoms with Crippen molar-refractivity contribution in [3.63, 3.8) is 0 Å². The number of aryl methyl sites for hydroxylation is 1. The molecule has 138 valence electrons. The van der Waals surface area contributed by atoms with Gasteiger partial charge in [0.2, 0.25) is 10.8 Å². The number of aromatic nitrogens is 3. The molecular weight excluding hydrogens is 412 g/mol. The van der Waals surface area contributed by atoms with Crippen molar-refractivity contribution in [3.05, 3.63) is 45.0 Å². The normalized spacial score (nSPS) is 22.8. The number of benzene rings is 1. The summed E-state index contributed by atoms with van der Waals surface area (Å²) in [6.45, 7) is 8.52. The first-order valence-electron chi connectivity index (χ1n) is 8.97. The Balaban J connectivity index is 1.82. The molecule has 2 aromatic heterocycles. The molecule has 1 fully saturated rings. The number of hydrogen-bond donors (Lipinski definition) is 1. The summed E-state index contributed by atoms with van der Waals surface area (Å²) in [7, 11) is 0. The molecule has 0 unspecified atom stereocenters. The zero-order valence-electron chi connectivity index (χ0n) is 15.2. The van der Waals surface area contributed by atoms with Crippen LogP contribution in [0.1, 0.15) is 42.6 Å². The molecule has 1 aliphatic heterocycles. The summed E-state index contributed by atoms with van der Waals surface area (Å²) in [4.78, 5) is 8.61. The molecular formula is C19H23BrN4OS. The van der Waals surface area contributed by atoms with Crippen LogP contribution in [0.3, 0.4) is 0 Å². The van der Waals surface area contributed by atoms with Crippen LogP contribution in [0.15, 0.2) is 28.7 Å². The molecule has 1 aliphatic rings. The van der Waals surface area contributed by atoms with Crippen LogP contribution in [0, 0.1) is 18.8 Å². The van der Waals surface area contributed by atoms with Gasteiger partial charge in [0.05, 0.1) is 10.9 Å². The SMILES string of the molecule is Cc1nc2sc([C@@H](c3ccc(Br)cc3)N3C[C@H](C)C[C@H](C)C3)c(O)n2n1. The van der Waals surface area contributed by atoms with Crippen molar-refractivity contribution in [2.24, 2.45) is 11.8 Å². The topological polar surface area (TPSA) is 53.7 Å². The Hall–Kier alpha value is -1.44. The van der Waals surface area contributed by atoms with Crippen molar-refractivity contribution in [1.29, 1.82) is 0 Å². The lowest BCUT2D eigenvalue weighted by Gasteiger charge is -2.40. The van der Waals surface area contributed by atoms with Gasteiger partial charge in [-0.15, -0.1) is 5.10 Å². The van der Waals surface area contributed by atoms with E-state index in [2.05, 4.69) is 69.0 Å². The van der Waals surface area contributed by atoms with Gasteiger partial charge in [0.25, 0.3) is 0 Å². The number of likely N-dealkylation sites (tertiary alicyclic amines) is 1. The van der Waals surface area contributed by atoms with Gasteiger partial charge in [-0.1, -0.05) is 53.2 Å². The van der Waals surface area contributed by atoms with E-state index in [-0.39, 0.29) is 11.9 Å². The van der Waals surface area contributed by atoms with Crippen LogP contribution < -0.4 is 0 Å². The number of aromatic hydroxyl groups is 1. The maximum absolute atomic E-state index is 10.9. The van der Waals surface area contributed by atoms with Crippen LogP contribution in [0.5, 0.6) is 5.88 Å². The van der Waals surface area contributed by atoms with Gasteiger partial charge in [-0.3, -0.25) is 4.90 Å². The first-order valence-corrected chi connectivity index (χ1v) is 10.6. The number of hydrogen-bond acceptors (Lipinski definition) is 5. The lowest BCUT2D eigenvalue weighted by atomic mass is 9.89. The van der Waals surface area contributed by atoms with Gasteiger partial charge in [-0.25, -0.2) is 4.98 Å². The Bertz CT molecular complexity index is 910. The maximum Gasteiger partial charge on any atom is 0.230 e. The third-order valence-corrected chi connectivity index (χ3v) is 6.60. The van der Waals surface area contributed by atoms with E-state index in [4.69, 9.17) is 0 Å². The first kappa shape index (κ1) is 17.9. The minimum absolute atomic E-state index is 0.0158. The van der Waals surface area contributed by atoms with Crippen LogP contribution in [0.4, 0.5) is 0 Å². The van der Waals surface area contributed by atoms with Crippen LogP contribution in [-0.2, 0) is 0 Å². The van der Waals surface area contributed by atoms with Crippen molar-refractivity contribution in [3.8, 4) is 5.88 Å². The number of halogens is 1. The van der Waals surface area contributed by atoms with E-state index in [1.54, 1.807) is 4.52 Å². The highest BCUT2D eigenvalue weighted by atomic mass is 79.9. The minimum Gasteiger partial charge on any atom is -0.492 e. The molecule has 7 heteroatoms. The number of nitrogens with zero attached hydrogens (tertiary/aromatic N) is 4. The van der Waals surface area contributed by atoms with Crippen molar-refractivity contribution < 1.29 is 5.11 Å². The summed E-state index contributed by atoms with van der Waals surface area (Å²) in [6, 6.07) is 8.43. The lowest BCUT2D eigenvalue weighted by molar-refractivity contribution is 0.112. The van der Waals surface area contributed by atoms with Crippen LogP contribution in [0.2, 0.25) is 0 Å². The summed E-state index contributed by atoms with van der Waals surface area (Å²) in [5, 5.41) is 15.2. The molecule has 1 saturated heterocycles. The fourth-order valence-electron chi connectivity index (χ4n) is 4.12. The largest absolute Gasteiger partial charge is 0.492 e. The maximum atomic E-state index is 10.9. The summed E-state index contributed by atoms with van der Waals surface area (Å²) in [6.07, 6.45) is 1.25. The minimum atomic E-state index is 0.0158. The molecule has 0 spiro atoms. The van der Waals surface area contributed by atoms with Gasteiger partial charge in [-0.2, -0.15) is 4.52 Å². The van der Waals surface area contributed by atoms with Gasteiger partial charge in [0, 0.05) is 17.6 Å². The second-order valence-electron chi connectivity index (χ2n) is 7.50. The zero-order valence-corrected chi connectivity index (χ0v) is 17.6. The van der Waals surface area contributed by atoms with E-state index in [9.17, 15) is 5.11 Å². The van der Waals surface area contributed by atoms with Crippen molar-refractivity contribution >= 4 is 32.2 Å². The second kappa shape index (κ2) is 6.94. The van der Waals surface area contributed by atoms with Crippen LogP contribution in [-0.4, -0.2) is 37.7 Å². The summed E-state index contributed by atoms with van der Waals surface area (Å²) >= 11 is 5.06. The number of piperidine rings is 1. The highest BCUT2D eigenvalue weighted by molar-refractivity contribution is 9.10. The molecule has 4 rings (SSSR count). The van der Waals surface area contributed by atoms with Gasteiger partial charge >= 0.3 is 0 Å². The molecule has 3 heterocycles. The predicted octanol–water partition coefficient (Wildman–Crippen LogP) is 4.63. The van der Waals surface area contributed by atoms with E-state index in [0.29, 0.717) is 17.7 Å².